The van der Waals surface area contributed by atoms with Crippen molar-refractivity contribution >= 4 is 17.1 Å². The van der Waals surface area contributed by atoms with E-state index in [4.69, 9.17) is 0 Å². The summed E-state index contributed by atoms with van der Waals surface area (Å²) in [6.45, 7) is 20.9. The molecule has 0 heterocycles. The maximum atomic E-state index is 2.49. The summed E-state index contributed by atoms with van der Waals surface area (Å²) in [4.78, 5) is 2.49. The minimum absolute atomic E-state index is 0.0620. The predicted octanol–water partition coefficient (Wildman–Crippen LogP) is 15.7. The van der Waals surface area contributed by atoms with E-state index in [1.807, 2.05) is 0 Å². The van der Waals surface area contributed by atoms with Gasteiger partial charge in [-0.2, -0.15) is 0 Å². The van der Waals surface area contributed by atoms with Gasteiger partial charge in [0.15, 0.2) is 0 Å². The van der Waals surface area contributed by atoms with Gasteiger partial charge in [0.1, 0.15) is 0 Å². The Morgan fingerprint density at radius 3 is 1.76 bits per heavy atom. The zero-order valence-corrected chi connectivity index (χ0v) is 34.7. The van der Waals surface area contributed by atoms with Crippen LogP contribution < -0.4 is 4.90 Å². The van der Waals surface area contributed by atoms with E-state index >= 15 is 0 Å². The van der Waals surface area contributed by atoms with Gasteiger partial charge in [-0.3, -0.25) is 0 Å². The molecule has 1 nitrogen and oxygen atoms in total. The van der Waals surface area contributed by atoms with Crippen LogP contribution in [0.4, 0.5) is 17.1 Å². The summed E-state index contributed by atoms with van der Waals surface area (Å²) in [7, 11) is 0. The van der Waals surface area contributed by atoms with Crippen molar-refractivity contribution in [1.29, 1.82) is 0 Å². The van der Waals surface area contributed by atoms with E-state index in [0.29, 0.717) is 5.92 Å². The van der Waals surface area contributed by atoms with E-state index in [2.05, 4.69) is 195 Å². The Morgan fingerprint density at radius 2 is 1.09 bits per heavy atom. The second kappa shape index (κ2) is 14.0. The second-order valence-electron chi connectivity index (χ2n) is 19.0. The van der Waals surface area contributed by atoms with Crippen LogP contribution in [0.25, 0.3) is 33.4 Å². The number of hydrogen-bond acceptors (Lipinski definition) is 1. The van der Waals surface area contributed by atoms with Crippen molar-refractivity contribution in [3.63, 3.8) is 0 Å². The van der Waals surface area contributed by atoms with Gasteiger partial charge in [-0.05, 0) is 140 Å². The molecular formula is C54H59N. The lowest BCUT2D eigenvalue weighted by Crippen LogP contribution is -2.16. The van der Waals surface area contributed by atoms with Crippen LogP contribution in [0.1, 0.15) is 127 Å². The van der Waals surface area contributed by atoms with Crippen LogP contribution in [0, 0.1) is 6.92 Å². The van der Waals surface area contributed by atoms with Crippen LogP contribution in [0.15, 0.2) is 127 Å². The summed E-state index contributed by atoms with van der Waals surface area (Å²) in [6, 6.07) is 49.0. The Kier molecular flexibility index (Phi) is 9.44. The fraction of sp³-hybridized carbons (Fsp3) is 0.333. The third kappa shape index (κ3) is 7.08. The first-order valence-corrected chi connectivity index (χ1v) is 20.7. The molecule has 2 aliphatic carbocycles. The van der Waals surface area contributed by atoms with Gasteiger partial charge in [0.25, 0.3) is 0 Å². The molecule has 55 heavy (non-hydrogen) atoms. The van der Waals surface area contributed by atoms with Crippen LogP contribution in [0.2, 0.25) is 0 Å². The van der Waals surface area contributed by atoms with Gasteiger partial charge in [0, 0.05) is 22.5 Å². The van der Waals surface area contributed by atoms with Crippen LogP contribution in [-0.4, -0.2) is 0 Å². The van der Waals surface area contributed by atoms with Crippen molar-refractivity contribution in [2.24, 2.45) is 0 Å². The summed E-state index contributed by atoms with van der Waals surface area (Å²) in [5, 5.41) is 0. The highest BCUT2D eigenvalue weighted by Gasteiger charge is 2.36. The summed E-state index contributed by atoms with van der Waals surface area (Å²) in [6.07, 6.45) is 6.62. The lowest BCUT2D eigenvalue weighted by atomic mass is 9.78. The number of benzene rings is 6. The lowest BCUT2D eigenvalue weighted by Gasteiger charge is -2.29. The average molecular weight is 722 g/mol. The van der Waals surface area contributed by atoms with E-state index in [-0.39, 0.29) is 16.2 Å². The zero-order chi connectivity index (χ0) is 38.7. The number of nitrogens with zero attached hydrogens (tertiary/aromatic N) is 1. The van der Waals surface area contributed by atoms with E-state index in [0.717, 1.165) is 0 Å². The fourth-order valence-corrected chi connectivity index (χ4v) is 9.25. The summed E-state index contributed by atoms with van der Waals surface area (Å²) >= 11 is 0. The Morgan fingerprint density at radius 1 is 0.491 bits per heavy atom. The number of fused-ring (bicyclic) bond motifs is 3. The van der Waals surface area contributed by atoms with Gasteiger partial charge in [0.05, 0.1) is 0 Å². The molecule has 0 bridgehead atoms. The Balaban J connectivity index is 1.17. The predicted molar refractivity (Wildman–Crippen MR) is 238 cm³/mol. The molecule has 0 aromatic heterocycles. The number of aryl methyl sites for hydroxylation is 1. The van der Waals surface area contributed by atoms with Crippen molar-refractivity contribution in [1.82, 2.24) is 0 Å². The van der Waals surface area contributed by atoms with Gasteiger partial charge in [-0.1, -0.05) is 166 Å². The maximum Gasteiger partial charge on any atom is 0.0465 e. The molecule has 1 heteroatoms. The molecule has 0 N–H and O–H groups in total. The molecule has 0 unspecified atom stereocenters. The molecule has 1 saturated carbocycles. The first-order chi connectivity index (χ1) is 26.2. The molecule has 6 aromatic carbocycles. The Labute approximate surface area is 331 Å². The molecule has 0 atom stereocenters. The molecule has 280 valence electrons. The highest BCUT2D eigenvalue weighted by Crippen LogP contribution is 2.51. The Hall–Kier alpha value is -4.88. The first-order valence-electron chi connectivity index (χ1n) is 20.7. The molecule has 0 amide bonds. The van der Waals surface area contributed by atoms with Gasteiger partial charge in [0.2, 0.25) is 0 Å². The topological polar surface area (TPSA) is 3.24 Å². The van der Waals surface area contributed by atoms with Crippen molar-refractivity contribution in [2.45, 2.75) is 117 Å². The maximum absolute atomic E-state index is 2.49. The van der Waals surface area contributed by atoms with Crippen LogP contribution in [-0.2, 0) is 16.2 Å². The van der Waals surface area contributed by atoms with E-state index in [9.17, 15) is 0 Å². The summed E-state index contributed by atoms with van der Waals surface area (Å²) in [5.41, 5.74) is 19.9. The number of rotatable bonds is 6. The van der Waals surface area contributed by atoms with Crippen molar-refractivity contribution in [3.05, 3.63) is 161 Å². The minimum atomic E-state index is -0.0620. The van der Waals surface area contributed by atoms with Gasteiger partial charge in [-0.25, -0.2) is 0 Å². The standard InChI is InChI=1S/C54H59N/c1-36-30-40(41-31-42(52(2,3)4)34-43(32-41)53(5,6)7)24-28-47(36)38-22-25-44(26-23-38)55(45-19-15-18-39(33-45)37-16-11-10-12-17-37)46-27-29-49-48-20-13-14-21-50(48)54(8,9)51(49)35-46/h13-15,18-35,37H,10-12,16-17H2,1-9H3. The lowest BCUT2D eigenvalue weighted by molar-refractivity contribution is 0.443. The van der Waals surface area contributed by atoms with E-state index in [1.165, 1.54) is 116 Å². The highest BCUT2D eigenvalue weighted by molar-refractivity contribution is 5.86. The average Bonchev–Trinajstić information content (AvgIpc) is 3.40. The minimum Gasteiger partial charge on any atom is -0.310 e. The van der Waals surface area contributed by atoms with Crippen molar-refractivity contribution < 1.29 is 0 Å². The molecular weight excluding hydrogens is 663 g/mol. The van der Waals surface area contributed by atoms with Crippen molar-refractivity contribution in [2.75, 3.05) is 4.90 Å². The number of anilines is 3. The Bertz CT molecular complexity index is 2320. The smallest absolute Gasteiger partial charge is 0.0465 e. The quantitative estimate of drug-likeness (QED) is 0.165. The fourth-order valence-electron chi connectivity index (χ4n) is 9.25. The molecule has 6 aromatic rings. The zero-order valence-electron chi connectivity index (χ0n) is 34.7. The van der Waals surface area contributed by atoms with Crippen LogP contribution >= 0.6 is 0 Å². The molecule has 1 fully saturated rings. The van der Waals surface area contributed by atoms with E-state index < -0.39 is 0 Å². The monoisotopic (exact) mass is 721 g/mol. The van der Waals surface area contributed by atoms with Gasteiger partial charge in [-0.15, -0.1) is 0 Å². The highest BCUT2D eigenvalue weighted by atomic mass is 15.1. The van der Waals surface area contributed by atoms with Crippen LogP contribution in [0.5, 0.6) is 0 Å². The first kappa shape index (κ1) is 37.1. The molecule has 0 radical (unpaired) electrons. The number of hydrogen-bond donors (Lipinski definition) is 0. The van der Waals surface area contributed by atoms with Gasteiger partial charge >= 0.3 is 0 Å². The normalized spacial score (nSPS) is 15.4. The van der Waals surface area contributed by atoms with Crippen molar-refractivity contribution in [3.8, 4) is 33.4 Å². The molecule has 0 aliphatic heterocycles. The SMILES string of the molecule is Cc1cc(-c2cc(C(C)(C)C)cc(C(C)(C)C)c2)ccc1-c1ccc(N(c2cccc(C3CCCCC3)c2)c2ccc3c(c2)C(C)(C)c2ccccc2-3)cc1. The van der Waals surface area contributed by atoms with Gasteiger partial charge < -0.3 is 4.90 Å². The third-order valence-corrected chi connectivity index (χ3v) is 12.7. The molecule has 0 saturated heterocycles. The third-order valence-electron chi connectivity index (χ3n) is 12.7. The summed E-state index contributed by atoms with van der Waals surface area (Å²) in [5.74, 6) is 0.647. The largest absolute Gasteiger partial charge is 0.310 e. The molecule has 8 rings (SSSR count). The second-order valence-corrected chi connectivity index (χ2v) is 19.0. The van der Waals surface area contributed by atoms with Crippen LogP contribution in [0.3, 0.4) is 0 Å². The summed E-state index contributed by atoms with van der Waals surface area (Å²) < 4.78 is 0. The molecule has 2 aliphatic rings. The van der Waals surface area contributed by atoms with E-state index in [1.54, 1.807) is 0 Å². The molecule has 0 spiro atoms.